The van der Waals surface area contributed by atoms with Crippen molar-refractivity contribution in [3.8, 4) is 0 Å². The van der Waals surface area contributed by atoms with Crippen LogP contribution in [0.5, 0.6) is 0 Å². The van der Waals surface area contributed by atoms with Crippen molar-refractivity contribution in [2.45, 2.75) is 31.2 Å². The molecule has 0 bridgehead atoms. The van der Waals surface area contributed by atoms with Gasteiger partial charge in [-0.3, -0.25) is 18.9 Å². The molecule has 0 radical (unpaired) electrons. The molecular weight excluding hydrogens is 342 g/mol. The Labute approximate surface area is 127 Å². The quantitative estimate of drug-likeness (QED) is 0.378. The second-order valence-electron chi connectivity index (χ2n) is 4.97. The first-order valence-corrected chi connectivity index (χ1v) is 7.73. The Bertz CT molecular complexity index is 757. The van der Waals surface area contributed by atoms with E-state index in [2.05, 4.69) is 4.52 Å². The van der Waals surface area contributed by atoms with E-state index in [1.165, 1.54) is 6.92 Å². The summed E-state index contributed by atoms with van der Waals surface area (Å²) in [5.74, 6) is -3.17. The Morgan fingerprint density at radius 3 is 2.65 bits per heavy atom. The molecule has 0 aliphatic carbocycles. The number of alkyl halides is 1. The smallest absolute Gasteiger partial charge is 0.385 e. The van der Waals surface area contributed by atoms with Crippen molar-refractivity contribution >= 4 is 7.82 Å². The van der Waals surface area contributed by atoms with Crippen molar-refractivity contribution in [3.05, 3.63) is 32.6 Å². The summed E-state index contributed by atoms with van der Waals surface area (Å²) < 4.78 is 34.4. The molecule has 130 valence electrons. The number of aromatic amines is 1. The maximum atomic E-state index is 14.4. The highest BCUT2D eigenvalue weighted by Crippen LogP contribution is 2.43. The summed E-state index contributed by atoms with van der Waals surface area (Å²) in [7, 11) is -5.05. The molecule has 0 saturated carbocycles. The van der Waals surface area contributed by atoms with Gasteiger partial charge in [-0.1, -0.05) is 0 Å². The van der Waals surface area contributed by atoms with Crippen LogP contribution in [0.3, 0.4) is 0 Å². The molecule has 2 rings (SSSR count). The molecule has 4 atom stereocenters. The third-order valence-corrected chi connectivity index (χ3v) is 3.69. The molecule has 1 fully saturated rings. The number of ether oxygens (including phenoxy) is 1. The molecule has 2 heterocycles. The van der Waals surface area contributed by atoms with Crippen LogP contribution in [0.4, 0.5) is 4.39 Å². The predicted octanol–water partition coefficient (Wildman–Crippen LogP) is -2.13. The molecule has 13 heteroatoms. The van der Waals surface area contributed by atoms with Gasteiger partial charge in [0.1, 0.15) is 18.8 Å². The lowest BCUT2D eigenvalue weighted by atomic mass is 10.1. The number of aliphatic hydroxyl groups excluding tert-OH is 2. The summed E-state index contributed by atoms with van der Waals surface area (Å²) in [6.45, 7) is -0.0464. The van der Waals surface area contributed by atoms with Gasteiger partial charge >= 0.3 is 13.5 Å². The van der Waals surface area contributed by atoms with E-state index in [0.717, 1.165) is 6.20 Å². The molecule has 11 nitrogen and oxygen atoms in total. The zero-order valence-corrected chi connectivity index (χ0v) is 12.5. The molecule has 1 aromatic rings. The second kappa shape index (κ2) is 5.91. The fourth-order valence-corrected chi connectivity index (χ4v) is 2.38. The van der Waals surface area contributed by atoms with E-state index in [-0.39, 0.29) is 5.56 Å². The minimum absolute atomic E-state index is 0.0534. The third kappa shape index (κ3) is 3.58. The number of aromatic nitrogens is 2. The number of nitrogens with one attached hydrogen (secondary N) is 1. The van der Waals surface area contributed by atoms with Crippen molar-refractivity contribution in [2.24, 2.45) is 0 Å². The van der Waals surface area contributed by atoms with Crippen molar-refractivity contribution in [1.82, 2.24) is 9.55 Å². The summed E-state index contributed by atoms with van der Waals surface area (Å²) >= 11 is 0. The highest BCUT2D eigenvalue weighted by atomic mass is 31.2. The molecule has 0 aromatic carbocycles. The first kappa shape index (κ1) is 17.9. The Kier molecular flexibility index (Phi) is 4.61. The maximum Gasteiger partial charge on any atom is 0.469 e. The molecular formula is C10H14FN2O9P. The Morgan fingerprint density at radius 2 is 2.09 bits per heavy atom. The number of halogens is 1. The number of aliphatic hydroxyl groups is 2. The monoisotopic (exact) mass is 356 g/mol. The molecule has 1 aliphatic rings. The first-order valence-electron chi connectivity index (χ1n) is 6.19. The minimum Gasteiger partial charge on any atom is -0.385 e. The third-order valence-electron chi connectivity index (χ3n) is 3.22. The van der Waals surface area contributed by atoms with Gasteiger partial charge in [-0.2, -0.15) is 0 Å². The van der Waals surface area contributed by atoms with Crippen LogP contribution in [0.2, 0.25) is 0 Å². The molecule has 1 aliphatic heterocycles. The lowest BCUT2D eigenvalue weighted by molar-refractivity contribution is -0.205. The van der Waals surface area contributed by atoms with Gasteiger partial charge in [0, 0.05) is 11.8 Å². The molecule has 0 spiro atoms. The van der Waals surface area contributed by atoms with Gasteiger partial charge in [0.05, 0.1) is 0 Å². The van der Waals surface area contributed by atoms with Crippen LogP contribution in [0.25, 0.3) is 0 Å². The Hall–Kier alpha value is -1.40. The Morgan fingerprint density at radius 1 is 1.48 bits per heavy atom. The SMILES string of the molecule is Cc1cn([C@@H]2O[C@](F)(COP(=O)(O)O)[C@@H](O)[C@H]2O)c(=O)[nH]c1=O. The van der Waals surface area contributed by atoms with Gasteiger partial charge in [0.15, 0.2) is 6.23 Å². The van der Waals surface area contributed by atoms with E-state index in [0.29, 0.717) is 4.57 Å². The summed E-state index contributed by atoms with van der Waals surface area (Å²) in [4.78, 5) is 42.0. The van der Waals surface area contributed by atoms with Gasteiger partial charge in [0.25, 0.3) is 11.4 Å². The molecule has 23 heavy (non-hydrogen) atoms. The number of nitrogens with zero attached hydrogens (tertiary/aromatic N) is 1. The highest BCUT2D eigenvalue weighted by molar-refractivity contribution is 7.46. The Balaban J connectivity index is 2.33. The fourth-order valence-electron chi connectivity index (χ4n) is 2.04. The molecule has 1 saturated heterocycles. The van der Waals surface area contributed by atoms with Crippen LogP contribution >= 0.6 is 7.82 Å². The lowest BCUT2D eigenvalue weighted by Gasteiger charge is -2.22. The normalized spacial score (nSPS) is 31.5. The van der Waals surface area contributed by atoms with Gasteiger partial charge in [-0.25, -0.2) is 13.8 Å². The van der Waals surface area contributed by atoms with Crippen LogP contribution in [0.15, 0.2) is 15.8 Å². The van der Waals surface area contributed by atoms with Gasteiger partial charge in [-0.15, -0.1) is 0 Å². The topological polar surface area (TPSA) is 171 Å². The van der Waals surface area contributed by atoms with Crippen LogP contribution in [0.1, 0.15) is 11.8 Å². The van der Waals surface area contributed by atoms with Crippen LogP contribution < -0.4 is 11.2 Å². The molecule has 0 unspecified atom stereocenters. The van der Waals surface area contributed by atoms with E-state index in [1.807, 2.05) is 4.98 Å². The van der Waals surface area contributed by atoms with Crippen LogP contribution in [-0.2, 0) is 13.8 Å². The van der Waals surface area contributed by atoms with E-state index in [4.69, 9.17) is 14.5 Å². The van der Waals surface area contributed by atoms with E-state index in [9.17, 15) is 28.8 Å². The largest absolute Gasteiger partial charge is 0.469 e. The van der Waals surface area contributed by atoms with Crippen molar-refractivity contribution in [1.29, 1.82) is 0 Å². The zero-order chi connectivity index (χ0) is 17.6. The molecule has 1 aromatic heterocycles. The number of H-pyrrole nitrogens is 1. The number of hydrogen-bond donors (Lipinski definition) is 5. The molecule has 0 amide bonds. The summed E-state index contributed by atoms with van der Waals surface area (Å²) in [6, 6.07) is 0. The number of phosphoric ester groups is 1. The van der Waals surface area contributed by atoms with E-state index < -0.39 is 50.0 Å². The number of hydrogen-bond acceptors (Lipinski definition) is 7. The summed E-state index contributed by atoms with van der Waals surface area (Å²) in [6.07, 6.45) is -4.96. The lowest BCUT2D eigenvalue weighted by Crippen LogP contribution is -2.43. The van der Waals surface area contributed by atoms with Gasteiger partial charge < -0.3 is 24.7 Å². The van der Waals surface area contributed by atoms with Gasteiger partial charge in [-0.05, 0) is 6.92 Å². The zero-order valence-electron chi connectivity index (χ0n) is 11.6. The summed E-state index contributed by atoms with van der Waals surface area (Å²) in [5, 5.41) is 19.5. The van der Waals surface area contributed by atoms with E-state index >= 15 is 0 Å². The standard InChI is InChI=1S/C10H14FN2O9P/c1-4-2-13(9(17)12-7(4)16)8-5(14)6(15)10(11,22-8)3-21-23(18,19)20/h2,5-6,8,14-15H,3H2,1H3,(H,12,16,17)(H2,18,19,20)/t5-,6+,8-,10-/m1/s1. The number of aryl methyl sites for hydroxylation is 1. The average molecular weight is 356 g/mol. The van der Waals surface area contributed by atoms with Crippen molar-refractivity contribution in [2.75, 3.05) is 6.61 Å². The highest BCUT2D eigenvalue weighted by Gasteiger charge is 2.57. The van der Waals surface area contributed by atoms with Crippen LogP contribution in [0, 0.1) is 6.92 Å². The van der Waals surface area contributed by atoms with E-state index in [1.54, 1.807) is 0 Å². The fraction of sp³-hybridized carbons (Fsp3) is 0.600. The first-order chi connectivity index (χ1) is 10.4. The van der Waals surface area contributed by atoms with Crippen LogP contribution in [-0.4, -0.2) is 54.2 Å². The maximum absolute atomic E-state index is 14.4. The van der Waals surface area contributed by atoms with Crippen molar-refractivity contribution in [3.63, 3.8) is 0 Å². The predicted molar refractivity (Wildman–Crippen MR) is 70.0 cm³/mol. The minimum atomic E-state index is -5.05. The average Bonchev–Trinajstić information content (AvgIpc) is 2.65. The van der Waals surface area contributed by atoms with Crippen molar-refractivity contribution < 1.29 is 38.2 Å². The molecule has 5 N–H and O–H groups in total. The van der Waals surface area contributed by atoms with Gasteiger partial charge in [0.2, 0.25) is 0 Å². The number of rotatable bonds is 4. The summed E-state index contributed by atoms with van der Waals surface area (Å²) in [5.41, 5.74) is -1.68. The number of phosphoric acid groups is 1. The second-order valence-corrected chi connectivity index (χ2v) is 6.21.